The van der Waals surface area contributed by atoms with Crippen LogP contribution in [-0.4, -0.2) is 21.9 Å². The molecule has 29 heavy (non-hydrogen) atoms. The molecule has 0 spiro atoms. The molecule has 150 valence electrons. The lowest BCUT2D eigenvalue weighted by atomic mass is 10.2. The fourth-order valence-corrected chi connectivity index (χ4v) is 4.63. The zero-order valence-corrected chi connectivity index (χ0v) is 17.6. The van der Waals surface area contributed by atoms with Gasteiger partial charge in [-0.1, -0.05) is 59.8 Å². The molecule has 1 aliphatic carbocycles. The first-order valence-electron chi connectivity index (χ1n) is 10.2. The zero-order chi connectivity index (χ0) is 20.1. The molecule has 1 aromatic heterocycles. The standard InChI is InChI=1S/C24H26N2O2S/c1-18-10-12-20(13-11-18)28-16-15-26-23(27)21-8-5-9-22(21)25-24(26)29-17-14-19-6-3-2-4-7-19/h2-4,6-7,10-13H,5,8-9,14-17H2,1H3. The fraction of sp³-hybridized carbons (Fsp3) is 0.333. The minimum atomic E-state index is 0.113. The van der Waals surface area contributed by atoms with E-state index in [0.29, 0.717) is 13.2 Å². The third-order valence-corrected chi connectivity index (χ3v) is 6.20. The van der Waals surface area contributed by atoms with Gasteiger partial charge in [0, 0.05) is 11.3 Å². The van der Waals surface area contributed by atoms with E-state index in [1.165, 1.54) is 11.1 Å². The van der Waals surface area contributed by atoms with Crippen molar-refractivity contribution in [3.05, 3.63) is 87.3 Å². The molecule has 3 aromatic rings. The predicted molar refractivity (Wildman–Crippen MR) is 118 cm³/mol. The van der Waals surface area contributed by atoms with Crippen LogP contribution in [-0.2, 0) is 25.8 Å². The van der Waals surface area contributed by atoms with Gasteiger partial charge in [-0.05, 0) is 50.3 Å². The highest BCUT2D eigenvalue weighted by Gasteiger charge is 2.21. The van der Waals surface area contributed by atoms with Gasteiger partial charge in [-0.2, -0.15) is 0 Å². The van der Waals surface area contributed by atoms with Gasteiger partial charge in [-0.3, -0.25) is 9.36 Å². The molecule has 0 atom stereocenters. The van der Waals surface area contributed by atoms with Crippen molar-refractivity contribution in [2.75, 3.05) is 12.4 Å². The summed E-state index contributed by atoms with van der Waals surface area (Å²) in [6, 6.07) is 18.4. The first-order chi connectivity index (χ1) is 14.2. The van der Waals surface area contributed by atoms with E-state index in [0.717, 1.165) is 53.6 Å². The summed E-state index contributed by atoms with van der Waals surface area (Å²) in [5.74, 6) is 1.73. The van der Waals surface area contributed by atoms with Crippen molar-refractivity contribution < 1.29 is 4.74 Å². The Labute approximate surface area is 176 Å². The highest BCUT2D eigenvalue weighted by atomic mass is 32.2. The first-order valence-corrected chi connectivity index (χ1v) is 11.2. The average Bonchev–Trinajstić information content (AvgIpc) is 3.21. The van der Waals surface area contributed by atoms with Gasteiger partial charge in [-0.15, -0.1) is 0 Å². The predicted octanol–water partition coefficient (Wildman–Crippen LogP) is 4.45. The van der Waals surface area contributed by atoms with Crippen molar-refractivity contribution in [2.24, 2.45) is 0 Å². The van der Waals surface area contributed by atoms with Gasteiger partial charge in [-0.25, -0.2) is 4.98 Å². The van der Waals surface area contributed by atoms with Crippen LogP contribution in [0.25, 0.3) is 0 Å². The average molecular weight is 407 g/mol. The van der Waals surface area contributed by atoms with Crippen LogP contribution in [0.4, 0.5) is 0 Å². The molecule has 1 heterocycles. The van der Waals surface area contributed by atoms with Crippen molar-refractivity contribution in [1.29, 1.82) is 0 Å². The third-order valence-electron chi connectivity index (χ3n) is 5.22. The van der Waals surface area contributed by atoms with Crippen LogP contribution in [0.5, 0.6) is 5.75 Å². The molecule has 0 unspecified atom stereocenters. The van der Waals surface area contributed by atoms with Crippen molar-refractivity contribution in [1.82, 2.24) is 9.55 Å². The van der Waals surface area contributed by atoms with E-state index >= 15 is 0 Å². The number of thioether (sulfide) groups is 1. The van der Waals surface area contributed by atoms with Gasteiger partial charge < -0.3 is 4.74 Å². The molecule has 4 rings (SSSR count). The lowest BCUT2D eigenvalue weighted by molar-refractivity contribution is 0.289. The lowest BCUT2D eigenvalue weighted by Crippen LogP contribution is -2.29. The largest absolute Gasteiger partial charge is 0.492 e. The van der Waals surface area contributed by atoms with Crippen LogP contribution < -0.4 is 10.3 Å². The van der Waals surface area contributed by atoms with E-state index in [4.69, 9.17) is 9.72 Å². The smallest absolute Gasteiger partial charge is 0.257 e. The maximum absolute atomic E-state index is 13.1. The van der Waals surface area contributed by atoms with E-state index in [2.05, 4.69) is 31.2 Å². The summed E-state index contributed by atoms with van der Waals surface area (Å²) in [5.41, 5.74) is 4.51. The summed E-state index contributed by atoms with van der Waals surface area (Å²) in [4.78, 5) is 17.9. The highest BCUT2D eigenvalue weighted by Crippen LogP contribution is 2.22. The number of fused-ring (bicyclic) bond motifs is 1. The fourth-order valence-electron chi connectivity index (χ4n) is 3.61. The number of rotatable bonds is 8. The van der Waals surface area contributed by atoms with Crippen LogP contribution >= 0.6 is 11.8 Å². The molecule has 0 saturated carbocycles. The van der Waals surface area contributed by atoms with Gasteiger partial charge >= 0.3 is 0 Å². The van der Waals surface area contributed by atoms with Gasteiger partial charge in [0.25, 0.3) is 5.56 Å². The summed E-state index contributed by atoms with van der Waals surface area (Å²) in [7, 11) is 0. The molecule has 1 aliphatic rings. The van der Waals surface area contributed by atoms with Crippen molar-refractivity contribution >= 4 is 11.8 Å². The van der Waals surface area contributed by atoms with E-state index in [1.807, 2.05) is 34.9 Å². The minimum absolute atomic E-state index is 0.113. The van der Waals surface area contributed by atoms with Crippen LogP contribution in [0.3, 0.4) is 0 Å². The molecule has 0 radical (unpaired) electrons. The Hall–Kier alpha value is -2.53. The molecule has 4 nitrogen and oxygen atoms in total. The lowest BCUT2D eigenvalue weighted by Gasteiger charge is -2.14. The number of aromatic nitrogens is 2. The number of aryl methyl sites for hydroxylation is 3. The van der Waals surface area contributed by atoms with Gasteiger partial charge in [0.1, 0.15) is 12.4 Å². The Morgan fingerprint density at radius 1 is 1.07 bits per heavy atom. The minimum Gasteiger partial charge on any atom is -0.492 e. The zero-order valence-electron chi connectivity index (χ0n) is 16.8. The number of hydrogen-bond acceptors (Lipinski definition) is 4. The molecule has 5 heteroatoms. The number of benzene rings is 2. The highest BCUT2D eigenvalue weighted by molar-refractivity contribution is 7.99. The Kier molecular flexibility index (Phi) is 6.35. The van der Waals surface area contributed by atoms with Crippen molar-refractivity contribution in [3.8, 4) is 5.75 Å². The van der Waals surface area contributed by atoms with Crippen LogP contribution in [0.2, 0.25) is 0 Å². The second-order valence-electron chi connectivity index (χ2n) is 7.38. The molecule has 0 aliphatic heterocycles. The molecule has 0 amide bonds. The van der Waals surface area contributed by atoms with E-state index in [-0.39, 0.29) is 5.56 Å². The van der Waals surface area contributed by atoms with E-state index in [1.54, 1.807) is 11.8 Å². The maximum atomic E-state index is 13.1. The topological polar surface area (TPSA) is 44.1 Å². The Bertz CT molecular complexity index is 1010. The van der Waals surface area contributed by atoms with Crippen LogP contribution in [0.15, 0.2) is 64.5 Å². The molecule has 0 saturated heterocycles. The van der Waals surface area contributed by atoms with Gasteiger partial charge in [0.2, 0.25) is 0 Å². The van der Waals surface area contributed by atoms with Crippen LogP contribution in [0.1, 0.15) is 28.8 Å². The second-order valence-corrected chi connectivity index (χ2v) is 8.44. The van der Waals surface area contributed by atoms with Gasteiger partial charge in [0.15, 0.2) is 5.16 Å². The molecule has 0 N–H and O–H groups in total. The monoisotopic (exact) mass is 406 g/mol. The molecule has 2 aromatic carbocycles. The summed E-state index contributed by atoms with van der Waals surface area (Å²) in [6.07, 6.45) is 3.74. The Balaban J connectivity index is 1.46. The van der Waals surface area contributed by atoms with E-state index < -0.39 is 0 Å². The Morgan fingerprint density at radius 2 is 1.86 bits per heavy atom. The summed E-state index contributed by atoms with van der Waals surface area (Å²) in [5, 5.41) is 0.819. The molecular weight excluding hydrogens is 380 g/mol. The Morgan fingerprint density at radius 3 is 2.66 bits per heavy atom. The summed E-state index contributed by atoms with van der Waals surface area (Å²) < 4.78 is 7.68. The molecule has 0 fully saturated rings. The van der Waals surface area contributed by atoms with Crippen molar-refractivity contribution in [2.45, 2.75) is 44.3 Å². The molecule has 0 bridgehead atoms. The SMILES string of the molecule is Cc1ccc(OCCn2c(SCCc3ccccc3)nc3c(c2=O)CCC3)cc1. The summed E-state index contributed by atoms with van der Waals surface area (Å²) in [6.45, 7) is 3.02. The van der Waals surface area contributed by atoms with E-state index in [9.17, 15) is 4.79 Å². The summed E-state index contributed by atoms with van der Waals surface area (Å²) >= 11 is 1.67. The second kappa shape index (κ2) is 9.31. The number of hydrogen-bond donors (Lipinski definition) is 0. The molecular formula is C24H26N2O2S. The maximum Gasteiger partial charge on any atom is 0.257 e. The number of ether oxygens (including phenoxy) is 1. The number of nitrogens with zero attached hydrogens (tertiary/aromatic N) is 2. The van der Waals surface area contributed by atoms with Gasteiger partial charge in [0.05, 0.1) is 12.2 Å². The third kappa shape index (κ3) is 4.91. The first kappa shape index (κ1) is 19.8. The normalized spacial score (nSPS) is 12.7. The quantitative estimate of drug-likeness (QED) is 0.409. The van der Waals surface area contributed by atoms with Crippen molar-refractivity contribution in [3.63, 3.8) is 0 Å². The van der Waals surface area contributed by atoms with Crippen LogP contribution in [0, 0.1) is 6.92 Å².